The van der Waals surface area contributed by atoms with Gasteiger partial charge >= 0.3 is 0 Å². The number of hydrogen-bond acceptors (Lipinski definition) is 4. The predicted octanol–water partition coefficient (Wildman–Crippen LogP) is 0.259. The van der Waals surface area contributed by atoms with Crippen LogP contribution in [0.1, 0.15) is 0 Å². The van der Waals surface area contributed by atoms with Gasteiger partial charge in [0.1, 0.15) is 5.75 Å². The van der Waals surface area contributed by atoms with Gasteiger partial charge in [-0.15, -0.1) is 0 Å². The van der Waals surface area contributed by atoms with Crippen LogP contribution in [0.5, 0.6) is 0 Å². The molecule has 1 fully saturated rings. The molecule has 1 aromatic rings. The van der Waals surface area contributed by atoms with Crippen LogP contribution in [0.3, 0.4) is 0 Å². The van der Waals surface area contributed by atoms with Gasteiger partial charge in [0, 0.05) is 18.8 Å². The SMILES string of the molecule is O=C(CS(=O)(=O)CC1CNC1)Nc1ccccc1. The highest BCUT2D eigenvalue weighted by molar-refractivity contribution is 7.92. The number of rotatable bonds is 5. The van der Waals surface area contributed by atoms with Crippen LogP contribution in [0.2, 0.25) is 0 Å². The van der Waals surface area contributed by atoms with Crippen LogP contribution in [0.15, 0.2) is 30.3 Å². The molecule has 2 rings (SSSR count). The number of carbonyl (C=O) groups excluding carboxylic acids is 1. The van der Waals surface area contributed by atoms with Gasteiger partial charge in [0.25, 0.3) is 0 Å². The maximum Gasteiger partial charge on any atom is 0.239 e. The van der Waals surface area contributed by atoms with E-state index in [0.717, 1.165) is 13.1 Å². The van der Waals surface area contributed by atoms with Gasteiger partial charge in [0.05, 0.1) is 5.75 Å². The van der Waals surface area contributed by atoms with Crippen molar-refractivity contribution in [1.82, 2.24) is 5.32 Å². The number of sulfone groups is 1. The van der Waals surface area contributed by atoms with Gasteiger partial charge in [-0.25, -0.2) is 8.42 Å². The maximum atomic E-state index is 11.7. The van der Waals surface area contributed by atoms with E-state index < -0.39 is 21.5 Å². The summed E-state index contributed by atoms with van der Waals surface area (Å²) in [6.07, 6.45) is 0. The molecular formula is C12H16N2O3S. The lowest BCUT2D eigenvalue weighted by Crippen LogP contribution is -2.46. The highest BCUT2D eigenvalue weighted by Gasteiger charge is 2.26. The first-order chi connectivity index (χ1) is 8.55. The summed E-state index contributed by atoms with van der Waals surface area (Å²) in [6.45, 7) is 1.44. The van der Waals surface area contributed by atoms with Crippen LogP contribution in [-0.2, 0) is 14.6 Å². The normalized spacial score (nSPS) is 16.0. The van der Waals surface area contributed by atoms with Gasteiger partial charge in [-0.05, 0) is 18.1 Å². The van der Waals surface area contributed by atoms with Crippen LogP contribution in [-0.4, -0.2) is 38.9 Å². The zero-order chi connectivity index (χ0) is 13.0. The number of amides is 1. The van der Waals surface area contributed by atoms with E-state index in [2.05, 4.69) is 10.6 Å². The minimum absolute atomic E-state index is 0.0855. The van der Waals surface area contributed by atoms with E-state index in [1.54, 1.807) is 24.3 Å². The van der Waals surface area contributed by atoms with Crippen molar-refractivity contribution in [2.24, 2.45) is 5.92 Å². The first-order valence-corrected chi connectivity index (χ1v) is 7.63. The molecule has 1 aliphatic rings. The van der Waals surface area contributed by atoms with Crippen molar-refractivity contribution in [2.45, 2.75) is 0 Å². The van der Waals surface area contributed by atoms with Gasteiger partial charge in [-0.1, -0.05) is 18.2 Å². The van der Waals surface area contributed by atoms with Crippen LogP contribution < -0.4 is 10.6 Å². The molecule has 2 N–H and O–H groups in total. The quantitative estimate of drug-likeness (QED) is 0.803. The lowest BCUT2D eigenvalue weighted by molar-refractivity contribution is -0.113. The van der Waals surface area contributed by atoms with E-state index in [-0.39, 0.29) is 11.7 Å². The average Bonchev–Trinajstić information content (AvgIpc) is 2.24. The molecule has 6 heteroatoms. The molecule has 0 bridgehead atoms. The predicted molar refractivity (Wildman–Crippen MR) is 70.1 cm³/mol. The Kier molecular flexibility index (Phi) is 3.98. The molecule has 1 aliphatic heterocycles. The maximum absolute atomic E-state index is 11.7. The summed E-state index contributed by atoms with van der Waals surface area (Å²) in [7, 11) is -3.31. The summed E-state index contributed by atoms with van der Waals surface area (Å²) < 4.78 is 23.5. The Bertz CT molecular complexity index is 509. The fourth-order valence-electron chi connectivity index (χ4n) is 1.80. The zero-order valence-electron chi connectivity index (χ0n) is 9.93. The van der Waals surface area contributed by atoms with Crippen molar-refractivity contribution in [1.29, 1.82) is 0 Å². The molecule has 5 nitrogen and oxygen atoms in total. The molecular weight excluding hydrogens is 252 g/mol. The second kappa shape index (κ2) is 5.49. The lowest BCUT2D eigenvalue weighted by Gasteiger charge is -2.26. The average molecular weight is 268 g/mol. The third-order valence-corrected chi connectivity index (χ3v) is 4.45. The van der Waals surface area contributed by atoms with E-state index in [9.17, 15) is 13.2 Å². The van der Waals surface area contributed by atoms with E-state index in [1.807, 2.05) is 6.07 Å². The first-order valence-electron chi connectivity index (χ1n) is 5.81. The molecule has 0 radical (unpaired) electrons. The molecule has 0 saturated carbocycles. The lowest BCUT2D eigenvalue weighted by atomic mass is 10.1. The number of nitrogens with one attached hydrogen (secondary N) is 2. The van der Waals surface area contributed by atoms with Crippen LogP contribution in [0.25, 0.3) is 0 Å². The fraction of sp³-hybridized carbons (Fsp3) is 0.417. The number of hydrogen-bond donors (Lipinski definition) is 2. The molecule has 0 aromatic heterocycles. The topological polar surface area (TPSA) is 75.3 Å². The van der Waals surface area contributed by atoms with Crippen LogP contribution in [0, 0.1) is 5.92 Å². The van der Waals surface area contributed by atoms with E-state index in [4.69, 9.17) is 0 Å². The Balaban J connectivity index is 1.86. The Morgan fingerprint density at radius 1 is 1.28 bits per heavy atom. The van der Waals surface area contributed by atoms with E-state index in [1.165, 1.54) is 0 Å². The van der Waals surface area contributed by atoms with Crippen molar-refractivity contribution < 1.29 is 13.2 Å². The number of benzene rings is 1. The summed E-state index contributed by atoms with van der Waals surface area (Å²) in [6, 6.07) is 8.84. The molecule has 1 aromatic carbocycles. The molecule has 0 unspecified atom stereocenters. The van der Waals surface area contributed by atoms with Gasteiger partial charge in [0.2, 0.25) is 5.91 Å². The van der Waals surface area contributed by atoms with Gasteiger partial charge in [-0.2, -0.15) is 0 Å². The summed E-state index contributed by atoms with van der Waals surface area (Å²) in [5.74, 6) is -0.686. The van der Waals surface area contributed by atoms with Gasteiger partial charge in [-0.3, -0.25) is 4.79 Å². The third-order valence-electron chi connectivity index (χ3n) is 2.76. The molecule has 0 aliphatic carbocycles. The molecule has 98 valence electrons. The summed E-state index contributed by atoms with van der Waals surface area (Å²) in [4.78, 5) is 11.6. The first kappa shape index (κ1) is 13.0. The van der Waals surface area contributed by atoms with Gasteiger partial charge < -0.3 is 10.6 Å². The molecule has 0 atom stereocenters. The monoisotopic (exact) mass is 268 g/mol. The Morgan fingerprint density at radius 3 is 2.50 bits per heavy atom. The standard InChI is InChI=1S/C12H16N2O3S/c15-12(14-11-4-2-1-3-5-11)9-18(16,17)8-10-6-13-7-10/h1-5,10,13H,6-9H2,(H,14,15). The van der Waals surface area contributed by atoms with Crippen molar-refractivity contribution in [2.75, 3.05) is 29.9 Å². The second-order valence-electron chi connectivity index (χ2n) is 4.49. The Hall–Kier alpha value is -1.40. The summed E-state index contributed by atoms with van der Waals surface area (Å²) in [5, 5.41) is 5.59. The van der Waals surface area contributed by atoms with Crippen molar-refractivity contribution in [3.8, 4) is 0 Å². The summed E-state index contributed by atoms with van der Waals surface area (Å²) in [5.41, 5.74) is 0.614. The minimum Gasteiger partial charge on any atom is -0.325 e. The smallest absolute Gasteiger partial charge is 0.239 e. The molecule has 0 spiro atoms. The van der Waals surface area contributed by atoms with Crippen LogP contribution in [0.4, 0.5) is 5.69 Å². The minimum atomic E-state index is -3.31. The largest absolute Gasteiger partial charge is 0.325 e. The van der Waals surface area contributed by atoms with Crippen molar-refractivity contribution in [3.63, 3.8) is 0 Å². The van der Waals surface area contributed by atoms with E-state index in [0.29, 0.717) is 5.69 Å². The highest BCUT2D eigenvalue weighted by Crippen LogP contribution is 2.09. The zero-order valence-corrected chi connectivity index (χ0v) is 10.7. The van der Waals surface area contributed by atoms with Crippen molar-refractivity contribution in [3.05, 3.63) is 30.3 Å². The number of para-hydroxylation sites is 1. The molecule has 1 heterocycles. The number of anilines is 1. The molecule has 18 heavy (non-hydrogen) atoms. The van der Waals surface area contributed by atoms with Gasteiger partial charge in [0.15, 0.2) is 9.84 Å². The van der Waals surface area contributed by atoms with Crippen LogP contribution >= 0.6 is 0 Å². The highest BCUT2D eigenvalue weighted by atomic mass is 32.2. The number of carbonyl (C=O) groups is 1. The third kappa shape index (κ3) is 3.82. The molecule has 1 saturated heterocycles. The Morgan fingerprint density at radius 2 is 1.94 bits per heavy atom. The van der Waals surface area contributed by atoms with Crippen molar-refractivity contribution >= 4 is 21.4 Å². The Labute approximate surface area is 107 Å². The van der Waals surface area contributed by atoms with E-state index >= 15 is 0 Å². The fourth-order valence-corrected chi connectivity index (χ4v) is 3.35. The summed E-state index contributed by atoms with van der Waals surface area (Å²) >= 11 is 0. The second-order valence-corrected chi connectivity index (χ2v) is 6.60. The molecule has 1 amide bonds.